The molecule has 2 rings (SSSR count). The van der Waals surface area contributed by atoms with E-state index in [4.69, 9.17) is 0 Å². The first-order valence-corrected chi connectivity index (χ1v) is 5.84. The highest BCUT2D eigenvalue weighted by Crippen LogP contribution is 2.15. The summed E-state index contributed by atoms with van der Waals surface area (Å²) in [5.41, 5.74) is 2.88. The van der Waals surface area contributed by atoms with E-state index in [1.54, 1.807) is 0 Å². The van der Waals surface area contributed by atoms with Gasteiger partial charge in [0.15, 0.2) is 0 Å². The first-order chi connectivity index (χ1) is 7.45. The van der Waals surface area contributed by atoms with E-state index in [2.05, 4.69) is 48.6 Å². The van der Waals surface area contributed by atoms with E-state index in [1.807, 2.05) is 0 Å². The van der Waals surface area contributed by atoms with Crippen molar-refractivity contribution in [3.05, 3.63) is 59.7 Å². The minimum absolute atomic E-state index is 1.08. The van der Waals surface area contributed by atoms with Gasteiger partial charge in [-0.2, -0.15) is 0 Å². The molecule has 15 heavy (non-hydrogen) atoms. The maximum Gasteiger partial charge on any atom is -0.00290 e. The fourth-order valence-electron chi connectivity index (χ4n) is 1.96. The van der Waals surface area contributed by atoms with E-state index in [0.29, 0.717) is 0 Å². The van der Waals surface area contributed by atoms with Gasteiger partial charge in [-0.05, 0) is 43.2 Å². The molecule has 0 saturated carbocycles. The van der Waals surface area contributed by atoms with E-state index < -0.39 is 0 Å². The summed E-state index contributed by atoms with van der Waals surface area (Å²) in [6.07, 6.45) is 13.2. The lowest BCUT2D eigenvalue weighted by Crippen LogP contribution is -1.90. The van der Waals surface area contributed by atoms with Gasteiger partial charge in [-0.15, -0.1) is 0 Å². The zero-order valence-electron chi connectivity index (χ0n) is 9.15. The number of hydrogen-bond donors (Lipinski definition) is 0. The molecule has 0 aliphatic heterocycles. The third-order valence-corrected chi connectivity index (χ3v) is 2.81. The molecule has 1 aromatic rings. The zero-order chi connectivity index (χ0) is 10.3. The first-order valence-electron chi connectivity index (χ1n) is 5.84. The van der Waals surface area contributed by atoms with Gasteiger partial charge in [0, 0.05) is 0 Å². The third-order valence-electron chi connectivity index (χ3n) is 2.81. The van der Waals surface area contributed by atoms with Crippen molar-refractivity contribution < 1.29 is 0 Å². The third kappa shape index (κ3) is 3.39. The fourth-order valence-corrected chi connectivity index (χ4v) is 1.96. The minimum Gasteiger partial charge on any atom is -0.0843 e. The molecule has 0 nitrogen and oxygen atoms in total. The normalized spacial score (nSPS) is 16.7. The summed E-state index contributed by atoms with van der Waals surface area (Å²) in [6, 6.07) is 10.7. The van der Waals surface area contributed by atoms with Crippen molar-refractivity contribution in [3.63, 3.8) is 0 Å². The predicted octanol–water partition coefficient (Wildman–Crippen LogP) is 4.29. The lowest BCUT2D eigenvalue weighted by atomic mass is 10.00. The number of benzene rings is 1. The van der Waals surface area contributed by atoms with E-state index in [0.717, 1.165) is 6.42 Å². The average Bonchev–Trinajstić information content (AvgIpc) is 2.23. The molecule has 78 valence electrons. The molecule has 0 bridgehead atoms. The van der Waals surface area contributed by atoms with E-state index >= 15 is 0 Å². The van der Waals surface area contributed by atoms with Gasteiger partial charge in [0.05, 0.1) is 0 Å². The van der Waals surface area contributed by atoms with Gasteiger partial charge in [0.1, 0.15) is 0 Å². The summed E-state index contributed by atoms with van der Waals surface area (Å²) >= 11 is 0. The molecule has 0 spiro atoms. The number of rotatable bonds is 2. The van der Waals surface area contributed by atoms with Crippen LogP contribution in [-0.4, -0.2) is 0 Å². The summed E-state index contributed by atoms with van der Waals surface area (Å²) in [6.45, 7) is 0. The minimum atomic E-state index is 1.08. The van der Waals surface area contributed by atoms with Crippen LogP contribution in [0.2, 0.25) is 0 Å². The van der Waals surface area contributed by atoms with Crippen LogP contribution < -0.4 is 0 Å². The van der Waals surface area contributed by atoms with Crippen LogP contribution in [0.3, 0.4) is 0 Å². The Hall–Kier alpha value is -1.30. The molecule has 0 aromatic heterocycles. The van der Waals surface area contributed by atoms with Crippen LogP contribution in [0.4, 0.5) is 0 Å². The SMILES string of the molecule is C1=CC(Cc2ccccc2)=CCCCC1. The maximum absolute atomic E-state index is 2.39. The van der Waals surface area contributed by atoms with E-state index in [-0.39, 0.29) is 0 Å². The molecule has 0 unspecified atom stereocenters. The van der Waals surface area contributed by atoms with Gasteiger partial charge in [-0.1, -0.05) is 48.6 Å². The van der Waals surface area contributed by atoms with Crippen LogP contribution in [0.1, 0.15) is 31.2 Å². The van der Waals surface area contributed by atoms with Crippen molar-refractivity contribution >= 4 is 0 Å². The Labute approximate surface area is 92.3 Å². The first kappa shape index (κ1) is 10.2. The van der Waals surface area contributed by atoms with Crippen molar-refractivity contribution in [2.45, 2.75) is 32.1 Å². The van der Waals surface area contributed by atoms with Crippen LogP contribution in [0.15, 0.2) is 54.1 Å². The standard InChI is InChI=1S/C15H18/c1-2-5-9-14(10-6-3-1)13-15-11-7-4-8-12-15/h4-5,7-12H,1-3,6,13H2. The molecule has 0 atom stereocenters. The Morgan fingerprint density at radius 2 is 1.73 bits per heavy atom. The summed E-state index contributed by atoms with van der Waals surface area (Å²) in [5.74, 6) is 0. The molecule has 0 N–H and O–H groups in total. The highest BCUT2D eigenvalue weighted by Gasteiger charge is 1.98. The molecular formula is C15H18. The molecule has 0 radical (unpaired) electrons. The van der Waals surface area contributed by atoms with Gasteiger partial charge in [0.2, 0.25) is 0 Å². The molecule has 1 aliphatic rings. The molecule has 0 fully saturated rings. The fraction of sp³-hybridized carbons (Fsp3) is 0.333. The van der Waals surface area contributed by atoms with Gasteiger partial charge >= 0.3 is 0 Å². The van der Waals surface area contributed by atoms with E-state index in [1.165, 1.54) is 36.8 Å². The van der Waals surface area contributed by atoms with Gasteiger partial charge < -0.3 is 0 Å². The Morgan fingerprint density at radius 3 is 2.60 bits per heavy atom. The molecule has 0 heteroatoms. The van der Waals surface area contributed by atoms with Gasteiger partial charge in [-0.25, -0.2) is 0 Å². The van der Waals surface area contributed by atoms with Gasteiger partial charge in [-0.3, -0.25) is 0 Å². The van der Waals surface area contributed by atoms with Crippen LogP contribution in [-0.2, 0) is 6.42 Å². The van der Waals surface area contributed by atoms with Crippen LogP contribution in [0.25, 0.3) is 0 Å². The lowest BCUT2D eigenvalue weighted by Gasteiger charge is -2.06. The average molecular weight is 198 g/mol. The summed E-state index contributed by atoms with van der Waals surface area (Å²) in [7, 11) is 0. The van der Waals surface area contributed by atoms with E-state index in [9.17, 15) is 0 Å². The van der Waals surface area contributed by atoms with Crippen molar-refractivity contribution in [1.82, 2.24) is 0 Å². The van der Waals surface area contributed by atoms with Crippen molar-refractivity contribution in [1.29, 1.82) is 0 Å². The second kappa shape index (κ2) is 5.55. The summed E-state index contributed by atoms with van der Waals surface area (Å²) in [4.78, 5) is 0. The quantitative estimate of drug-likeness (QED) is 0.665. The van der Waals surface area contributed by atoms with Crippen LogP contribution >= 0.6 is 0 Å². The van der Waals surface area contributed by atoms with Crippen molar-refractivity contribution in [2.24, 2.45) is 0 Å². The molecule has 0 amide bonds. The Kier molecular flexibility index (Phi) is 3.78. The van der Waals surface area contributed by atoms with Crippen molar-refractivity contribution in [3.8, 4) is 0 Å². The molecule has 0 saturated heterocycles. The number of allylic oxidation sites excluding steroid dienone is 4. The largest absolute Gasteiger partial charge is 0.0843 e. The Bertz CT molecular complexity index is 344. The molecule has 1 aliphatic carbocycles. The maximum atomic E-state index is 2.39. The Morgan fingerprint density at radius 1 is 0.933 bits per heavy atom. The van der Waals surface area contributed by atoms with Crippen molar-refractivity contribution in [2.75, 3.05) is 0 Å². The topological polar surface area (TPSA) is 0 Å². The highest BCUT2D eigenvalue weighted by molar-refractivity contribution is 5.28. The molecule has 0 heterocycles. The monoisotopic (exact) mass is 198 g/mol. The summed E-state index contributed by atoms with van der Waals surface area (Å²) in [5, 5.41) is 0. The summed E-state index contributed by atoms with van der Waals surface area (Å²) < 4.78 is 0. The van der Waals surface area contributed by atoms with Gasteiger partial charge in [0.25, 0.3) is 0 Å². The van der Waals surface area contributed by atoms with Crippen LogP contribution in [0.5, 0.6) is 0 Å². The lowest BCUT2D eigenvalue weighted by molar-refractivity contribution is 0.753. The predicted molar refractivity (Wildman–Crippen MR) is 65.8 cm³/mol. The molecule has 1 aromatic carbocycles. The second-order valence-electron chi connectivity index (χ2n) is 4.13. The smallest absolute Gasteiger partial charge is 0.00290 e. The highest BCUT2D eigenvalue weighted by atomic mass is 14.0. The number of hydrogen-bond acceptors (Lipinski definition) is 0. The second-order valence-corrected chi connectivity index (χ2v) is 4.13. The van der Waals surface area contributed by atoms with Crippen LogP contribution in [0, 0.1) is 0 Å². The molecular weight excluding hydrogens is 180 g/mol. The Balaban J connectivity index is 2.04. The zero-order valence-corrected chi connectivity index (χ0v) is 9.15.